The number of hydrogen-bond donors (Lipinski definition) is 1. The van der Waals surface area contributed by atoms with Crippen molar-refractivity contribution in [2.45, 2.75) is 66.2 Å². The van der Waals surface area contributed by atoms with Crippen molar-refractivity contribution in [1.82, 2.24) is 10.2 Å². The van der Waals surface area contributed by atoms with Gasteiger partial charge in [-0.3, -0.25) is 10.1 Å². The zero-order valence-corrected chi connectivity index (χ0v) is 14.1. The maximum absolute atomic E-state index is 12.6. The first-order chi connectivity index (χ1) is 9.75. The number of amides is 1. The fourth-order valence-corrected chi connectivity index (χ4v) is 2.76. The normalized spacial score (nSPS) is 24.5. The Morgan fingerprint density at radius 1 is 1.24 bits per heavy atom. The lowest BCUT2D eigenvalue weighted by atomic mass is 9.86. The monoisotopic (exact) mass is 288 g/mol. The van der Waals surface area contributed by atoms with E-state index in [9.17, 15) is 4.79 Å². The first-order valence-corrected chi connectivity index (χ1v) is 7.92. The van der Waals surface area contributed by atoms with E-state index in [1.54, 1.807) is 0 Å². The quantitative estimate of drug-likeness (QED) is 0.923. The molecule has 116 valence electrons. The van der Waals surface area contributed by atoms with Crippen LogP contribution in [0.25, 0.3) is 0 Å². The van der Waals surface area contributed by atoms with Gasteiger partial charge in [0, 0.05) is 6.04 Å². The molecule has 0 aromatic heterocycles. The Kier molecular flexibility index (Phi) is 4.43. The Morgan fingerprint density at radius 2 is 1.81 bits per heavy atom. The number of nitrogens with one attached hydrogen (secondary N) is 1. The molecule has 1 amide bonds. The van der Waals surface area contributed by atoms with Crippen LogP contribution < -0.4 is 5.32 Å². The molecule has 1 aromatic rings. The summed E-state index contributed by atoms with van der Waals surface area (Å²) in [6.45, 7) is 12.8. The van der Waals surface area contributed by atoms with Gasteiger partial charge in [-0.1, -0.05) is 52.0 Å². The van der Waals surface area contributed by atoms with Gasteiger partial charge >= 0.3 is 0 Å². The van der Waals surface area contributed by atoms with E-state index in [1.165, 1.54) is 11.1 Å². The molecule has 1 fully saturated rings. The summed E-state index contributed by atoms with van der Waals surface area (Å²) in [6, 6.07) is 8.66. The molecule has 3 unspecified atom stereocenters. The Bertz CT molecular complexity index is 501. The second kappa shape index (κ2) is 5.80. The van der Waals surface area contributed by atoms with Crippen LogP contribution in [-0.2, 0) is 11.2 Å². The smallest absolute Gasteiger partial charge is 0.241 e. The third-order valence-electron chi connectivity index (χ3n) is 4.69. The van der Waals surface area contributed by atoms with Crippen molar-refractivity contribution in [3.63, 3.8) is 0 Å². The largest absolute Gasteiger partial charge is 0.318 e. The summed E-state index contributed by atoms with van der Waals surface area (Å²) in [6.07, 6.45) is 1.02. The third kappa shape index (κ3) is 3.13. The summed E-state index contributed by atoms with van der Waals surface area (Å²) in [5, 5.41) is 3.44. The van der Waals surface area contributed by atoms with Gasteiger partial charge in [0.15, 0.2) is 0 Å². The van der Waals surface area contributed by atoms with Crippen molar-refractivity contribution in [3.8, 4) is 0 Å². The first-order valence-electron chi connectivity index (χ1n) is 7.92. The number of carbonyl (C=O) groups is 1. The maximum atomic E-state index is 12.6. The molecule has 1 aliphatic rings. The Morgan fingerprint density at radius 3 is 2.29 bits per heavy atom. The average Bonchev–Trinajstić information content (AvgIpc) is 2.73. The highest BCUT2D eigenvalue weighted by molar-refractivity contribution is 5.84. The van der Waals surface area contributed by atoms with Crippen LogP contribution in [0.4, 0.5) is 0 Å². The summed E-state index contributed by atoms with van der Waals surface area (Å²) in [4.78, 5) is 14.6. The summed E-state index contributed by atoms with van der Waals surface area (Å²) in [5.74, 6) is 0.196. The van der Waals surface area contributed by atoms with E-state index >= 15 is 0 Å². The molecule has 1 N–H and O–H groups in total. The van der Waals surface area contributed by atoms with E-state index in [0.29, 0.717) is 0 Å². The molecule has 0 aliphatic carbocycles. The van der Waals surface area contributed by atoms with E-state index in [1.807, 2.05) is 11.8 Å². The molecule has 3 nitrogen and oxygen atoms in total. The highest BCUT2D eigenvalue weighted by Gasteiger charge is 2.42. The van der Waals surface area contributed by atoms with Gasteiger partial charge in [-0.2, -0.15) is 0 Å². The molecule has 1 aliphatic heterocycles. The molecule has 0 radical (unpaired) electrons. The molecule has 3 heteroatoms. The highest BCUT2D eigenvalue weighted by Crippen LogP contribution is 2.34. The lowest BCUT2D eigenvalue weighted by molar-refractivity contribution is -0.134. The maximum Gasteiger partial charge on any atom is 0.241 e. The summed E-state index contributed by atoms with van der Waals surface area (Å²) < 4.78 is 0. The molecule has 0 bridgehead atoms. The first kappa shape index (κ1) is 16.0. The van der Waals surface area contributed by atoms with Crippen molar-refractivity contribution in [1.29, 1.82) is 0 Å². The molecular formula is C18H28N2O. The number of rotatable bonds is 3. The topological polar surface area (TPSA) is 32.3 Å². The van der Waals surface area contributed by atoms with E-state index in [4.69, 9.17) is 0 Å². The summed E-state index contributed by atoms with van der Waals surface area (Å²) in [5.41, 5.74) is 2.55. The van der Waals surface area contributed by atoms with Crippen LogP contribution in [0.2, 0.25) is 0 Å². The van der Waals surface area contributed by atoms with Gasteiger partial charge in [0.25, 0.3) is 0 Å². The van der Waals surface area contributed by atoms with E-state index in [2.05, 4.69) is 64.2 Å². The summed E-state index contributed by atoms with van der Waals surface area (Å²) >= 11 is 0. The Balaban J connectivity index is 2.33. The van der Waals surface area contributed by atoms with Crippen LogP contribution in [-0.4, -0.2) is 22.9 Å². The van der Waals surface area contributed by atoms with Crippen LogP contribution in [0, 0.1) is 5.41 Å². The standard InChI is InChI=1S/C18H28N2O/c1-7-14-8-10-15(11-9-14)16-19-12(2)17(21)20(16)13(3)18(4,5)6/h8-13,16,19H,7H2,1-6H3. The fraction of sp³-hybridized carbons (Fsp3) is 0.611. The van der Waals surface area contributed by atoms with Crippen LogP contribution >= 0.6 is 0 Å². The fourth-order valence-electron chi connectivity index (χ4n) is 2.76. The van der Waals surface area contributed by atoms with E-state index in [0.717, 1.165) is 6.42 Å². The van der Waals surface area contributed by atoms with Crippen molar-refractivity contribution in [2.24, 2.45) is 5.41 Å². The van der Waals surface area contributed by atoms with Gasteiger partial charge in [0.2, 0.25) is 5.91 Å². The summed E-state index contributed by atoms with van der Waals surface area (Å²) in [7, 11) is 0. The molecule has 0 spiro atoms. The van der Waals surface area contributed by atoms with E-state index < -0.39 is 0 Å². The van der Waals surface area contributed by atoms with Crippen LogP contribution in [0.5, 0.6) is 0 Å². The molecule has 21 heavy (non-hydrogen) atoms. The number of aryl methyl sites for hydroxylation is 1. The zero-order chi connectivity index (χ0) is 15.8. The molecule has 1 aromatic carbocycles. The van der Waals surface area contributed by atoms with Gasteiger partial charge < -0.3 is 4.90 Å². The van der Waals surface area contributed by atoms with Gasteiger partial charge in [0.1, 0.15) is 6.17 Å². The van der Waals surface area contributed by atoms with E-state index in [-0.39, 0.29) is 29.6 Å². The lowest BCUT2D eigenvalue weighted by Gasteiger charge is -2.38. The molecular weight excluding hydrogens is 260 g/mol. The SMILES string of the molecule is CCc1ccc(C2NC(C)C(=O)N2C(C)C(C)(C)C)cc1. The number of nitrogens with zero attached hydrogens (tertiary/aromatic N) is 1. The predicted molar refractivity (Wildman–Crippen MR) is 86.9 cm³/mol. The van der Waals surface area contributed by atoms with Crippen molar-refractivity contribution >= 4 is 5.91 Å². The molecule has 1 heterocycles. The molecule has 3 atom stereocenters. The molecule has 0 saturated carbocycles. The van der Waals surface area contributed by atoms with Gasteiger partial charge in [-0.25, -0.2) is 0 Å². The second-order valence-corrected chi connectivity index (χ2v) is 7.17. The number of carbonyl (C=O) groups excluding carboxylic acids is 1. The zero-order valence-electron chi connectivity index (χ0n) is 14.1. The van der Waals surface area contributed by atoms with Crippen LogP contribution in [0.1, 0.15) is 58.8 Å². The minimum atomic E-state index is -0.120. The number of hydrogen-bond acceptors (Lipinski definition) is 2. The number of benzene rings is 1. The van der Waals surface area contributed by atoms with Gasteiger partial charge in [0.05, 0.1) is 6.04 Å². The minimum Gasteiger partial charge on any atom is -0.318 e. The Hall–Kier alpha value is -1.35. The van der Waals surface area contributed by atoms with Crippen molar-refractivity contribution < 1.29 is 4.79 Å². The predicted octanol–water partition coefficient (Wildman–Crippen LogP) is 3.50. The van der Waals surface area contributed by atoms with Gasteiger partial charge in [-0.15, -0.1) is 0 Å². The van der Waals surface area contributed by atoms with Gasteiger partial charge in [-0.05, 0) is 36.8 Å². The second-order valence-electron chi connectivity index (χ2n) is 7.17. The Labute approximate surface area is 128 Å². The minimum absolute atomic E-state index is 0.0207. The lowest BCUT2D eigenvalue weighted by Crippen LogP contribution is -2.45. The third-order valence-corrected chi connectivity index (χ3v) is 4.69. The molecule has 2 rings (SSSR count). The average molecular weight is 288 g/mol. The molecule has 1 saturated heterocycles. The van der Waals surface area contributed by atoms with Crippen LogP contribution in [0.3, 0.4) is 0 Å². The highest BCUT2D eigenvalue weighted by atomic mass is 16.2. The van der Waals surface area contributed by atoms with Crippen LogP contribution in [0.15, 0.2) is 24.3 Å². The van der Waals surface area contributed by atoms with Crippen molar-refractivity contribution in [3.05, 3.63) is 35.4 Å². The van der Waals surface area contributed by atoms with Crippen molar-refractivity contribution in [2.75, 3.05) is 0 Å².